The van der Waals surface area contributed by atoms with Gasteiger partial charge in [0.05, 0.1) is 17.4 Å². The minimum Gasteiger partial charge on any atom is -0.367 e. The molecule has 5 rings (SSSR count). The number of fused-ring (bicyclic) bond motifs is 1. The van der Waals surface area contributed by atoms with E-state index in [0.29, 0.717) is 29.9 Å². The number of aromatic nitrogens is 4. The maximum atomic E-state index is 14.8. The lowest BCUT2D eigenvalue weighted by Crippen LogP contribution is -2.43. The van der Waals surface area contributed by atoms with Crippen molar-refractivity contribution < 1.29 is 17.2 Å². The van der Waals surface area contributed by atoms with E-state index in [1.807, 2.05) is 4.90 Å². The summed E-state index contributed by atoms with van der Waals surface area (Å²) in [5, 5.41) is 6.30. The van der Waals surface area contributed by atoms with E-state index in [-0.39, 0.29) is 40.1 Å². The lowest BCUT2D eigenvalue weighted by molar-refractivity contribution is 0.566. The number of piperazine rings is 1. The highest BCUT2D eigenvalue weighted by molar-refractivity contribution is 7.90. The van der Waals surface area contributed by atoms with Gasteiger partial charge in [-0.2, -0.15) is 4.98 Å². The molecule has 1 aliphatic heterocycles. The Balaban J connectivity index is 1.51. The SMILES string of the molecule is CCn1c(=O)c(-c2cc(S(C)(=O)=O)ncc2F)cc2cnc(Nc3ccc(N4CCNCC4)c(F)c3)nc21. The quantitative estimate of drug-likeness (QED) is 0.379. The molecule has 0 spiro atoms. The summed E-state index contributed by atoms with van der Waals surface area (Å²) in [5.41, 5.74) is 0.465. The predicted octanol–water partition coefficient (Wildman–Crippen LogP) is 2.71. The van der Waals surface area contributed by atoms with Crippen molar-refractivity contribution in [3.8, 4) is 11.1 Å². The standard InChI is InChI=1S/C25H25F2N7O3S/c1-3-34-23-15(10-18(24(34)35)17-12-22(38(2,36)37)29-14-20(17)27)13-30-25(32-23)31-16-4-5-21(19(26)11-16)33-8-6-28-7-9-33/h4-5,10-14,28H,3,6-9H2,1-2H3,(H,30,31,32). The first-order valence-corrected chi connectivity index (χ1v) is 13.8. The Hall–Kier alpha value is -3.97. The monoisotopic (exact) mass is 541 g/mol. The molecule has 4 heterocycles. The Kier molecular flexibility index (Phi) is 6.80. The number of rotatable bonds is 6. The van der Waals surface area contributed by atoms with E-state index < -0.39 is 21.2 Å². The first-order chi connectivity index (χ1) is 18.2. The maximum absolute atomic E-state index is 14.8. The van der Waals surface area contributed by atoms with Crippen molar-refractivity contribution >= 4 is 38.2 Å². The number of anilines is 3. The zero-order chi connectivity index (χ0) is 27.0. The highest BCUT2D eigenvalue weighted by Gasteiger charge is 2.20. The minimum atomic E-state index is -3.72. The van der Waals surface area contributed by atoms with Crippen LogP contribution in [0.2, 0.25) is 0 Å². The summed E-state index contributed by atoms with van der Waals surface area (Å²) in [6, 6.07) is 7.26. The molecule has 0 atom stereocenters. The second-order valence-electron chi connectivity index (χ2n) is 8.88. The Labute approximate surface area is 217 Å². The van der Waals surface area contributed by atoms with Crippen LogP contribution in [0, 0.1) is 11.6 Å². The normalized spacial score (nSPS) is 14.2. The van der Waals surface area contributed by atoms with Crippen molar-refractivity contribution in [3.63, 3.8) is 0 Å². The van der Waals surface area contributed by atoms with E-state index in [1.54, 1.807) is 19.1 Å². The molecule has 4 aromatic rings. The molecule has 0 amide bonds. The first-order valence-electron chi connectivity index (χ1n) is 11.9. The molecule has 0 saturated carbocycles. The van der Waals surface area contributed by atoms with Gasteiger partial charge in [-0.05, 0) is 37.3 Å². The van der Waals surface area contributed by atoms with Crippen molar-refractivity contribution in [1.82, 2.24) is 24.8 Å². The average Bonchev–Trinajstić information content (AvgIpc) is 2.89. The van der Waals surface area contributed by atoms with Crippen molar-refractivity contribution in [3.05, 3.63) is 64.7 Å². The van der Waals surface area contributed by atoms with Gasteiger partial charge in [-0.25, -0.2) is 27.2 Å². The predicted molar refractivity (Wildman–Crippen MR) is 141 cm³/mol. The van der Waals surface area contributed by atoms with Gasteiger partial charge >= 0.3 is 0 Å². The van der Waals surface area contributed by atoms with Crippen molar-refractivity contribution in [2.24, 2.45) is 0 Å². The fourth-order valence-corrected chi connectivity index (χ4v) is 4.99. The van der Waals surface area contributed by atoms with Crippen LogP contribution in [0.25, 0.3) is 22.2 Å². The van der Waals surface area contributed by atoms with E-state index >= 15 is 0 Å². The number of sulfone groups is 1. The summed E-state index contributed by atoms with van der Waals surface area (Å²) in [7, 11) is -3.72. The Morgan fingerprint density at radius 2 is 1.79 bits per heavy atom. The van der Waals surface area contributed by atoms with Gasteiger partial charge in [0, 0.05) is 61.8 Å². The van der Waals surface area contributed by atoms with E-state index in [2.05, 4.69) is 25.6 Å². The van der Waals surface area contributed by atoms with Crippen molar-refractivity contribution in [2.75, 3.05) is 42.7 Å². The van der Waals surface area contributed by atoms with Gasteiger partial charge in [-0.15, -0.1) is 0 Å². The molecule has 1 saturated heterocycles. The van der Waals surface area contributed by atoms with Crippen LogP contribution < -0.4 is 21.1 Å². The summed E-state index contributed by atoms with van der Waals surface area (Å²) in [4.78, 5) is 27.7. The second kappa shape index (κ2) is 10.1. The first kappa shape index (κ1) is 25.7. The largest absolute Gasteiger partial charge is 0.367 e. The van der Waals surface area contributed by atoms with Crippen LogP contribution in [0.3, 0.4) is 0 Å². The molecule has 0 bridgehead atoms. The molecule has 3 aromatic heterocycles. The second-order valence-corrected chi connectivity index (χ2v) is 10.8. The van der Waals surface area contributed by atoms with Gasteiger partial charge in [0.15, 0.2) is 14.9 Å². The molecular weight excluding hydrogens is 516 g/mol. The third-order valence-electron chi connectivity index (χ3n) is 6.31. The van der Waals surface area contributed by atoms with E-state index in [9.17, 15) is 22.0 Å². The van der Waals surface area contributed by atoms with Gasteiger partial charge in [0.1, 0.15) is 17.3 Å². The lowest BCUT2D eigenvalue weighted by atomic mass is 10.1. The highest BCUT2D eigenvalue weighted by Crippen LogP contribution is 2.27. The molecule has 2 N–H and O–H groups in total. The number of halogens is 2. The summed E-state index contributed by atoms with van der Waals surface area (Å²) in [6.45, 7) is 4.95. The number of nitrogens with zero attached hydrogens (tertiary/aromatic N) is 5. The molecule has 38 heavy (non-hydrogen) atoms. The maximum Gasteiger partial charge on any atom is 0.260 e. The summed E-state index contributed by atoms with van der Waals surface area (Å²) >= 11 is 0. The van der Waals surface area contributed by atoms with E-state index in [4.69, 9.17) is 0 Å². The molecule has 10 nitrogen and oxygen atoms in total. The number of hydrogen-bond acceptors (Lipinski definition) is 9. The number of nitrogens with one attached hydrogen (secondary N) is 2. The fraction of sp³-hybridized carbons (Fsp3) is 0.280. The number of pyridine rings is 2. The Morgan fingerprint density at radius 1 is 1.03 bits per heavy atom. The fourth-order valence-electron chi connectivity index (χ4n) is 4.41. The summed E-state index contributed by atoms with van der Waals surface area (Å²) < 4.78 is 54.7. The topological polar surface area (TPSA) is 122 Å². The van der Waals surface area contributed by atoms with Crippen LogP contribution in [0.4, 0.5) is 26.1 Å². The van der Waals surface area contributed by atoms with Gasteiger partial charge < -0.3 is 15.5 Å². The summed E-state index contributed by atoms with van der Waals surface area (Å²) in [6.07, 6.45) is 3.19. The van der Waals surface area contributed by atoms with Gasteiger partial charge in [-0.3, -0.25) is 9.36 Å². The zero-order valence-electron chi connectivity index (χ0n) is 20.7. The van der Waals surface area contributed by atoms with Crippen LogP contribution >= 0.6 is 0 Å². The lowest BCUT2D eigenvalue weighted by Gasteiger charge is -2.29. The zero-order valence-corrected chi connectivity index (χ0v) is 21.5. The van der Waals surface area contributed by atoms with Gasteiger partial charge in [0.2, 0.25) is 5.95 Å². The smallest absolute Gasteiger partial charge is 0.260 e. The van der Waals surface area contributed by atoms with Crippen LogP contribution in [-0.4, -0.2) is 60.4 Å². The van der Waals surface area contributed by atoms with Gasteiger partial charge in [0.25, 0.3) is 5.56 Å². The van der Waals surface area contributed by atoms with Crippen molar-refractivity contribution in [1.29, 1.82) is 0 Å². The third-order valence-corrected chi connectivity index (χ3v) is 7.29. The number of benzene rings is 1. The van der Waals surface area contributed by atoms with Gasteiger partial charge in [-0.1, -0.05) is 0 Å². The molecule has 1 aliphatic rings. The molecule has 13 heteroatoms. The van der Waals surface area contributed by atoms with Crippen LogP contribution in [-0.2, 0) is 16.4 Å². The molecule has 1 fully saturated rings. The van der Waals surface area contributed by atoms with E-state index in [1.165, 1.54) is 22.9 Å². The van der Waals surface area contributed by atoms with Crippen LogP contribution in [0.1, 0.15) is 6.92 Å². The number of aryl methyl sites for hydroxylation is 1. The van der Waals surface area contributed by atoms with Crippen molar-refractivity contribution in [2.45, 2.75) is 18.5 Å². The Morgan fingerprint density at radius 3 is 2.47 bits per heavy atom. The number of hydrogen-bond donors (Lipinski definition) is 2. The molecule has 198 valence electrons. The third kappa shape index (κ3) is 4.94. The molecule has 0 unspecified atom stereocenters. The minimum absolute atomic E-state index is 0.0426. The van der Waals surface area contributed by atoms with E-state index in [0.717, 1.165) is 31.6 Å². The molecule has 0 aliphatic carbocycles. The molecule has 1 aromatic carbocycles. The summed E-state index contributed by atoms with van der Waals surface area (Å²) in [5.74, 6) is -1.06. The average molecular weight is 542 g/mol. The molecule has 0 radical (unpaired) electrons. The van der Waals surface area contributed by atoms with Crippen LogP contribution in [0.5, 0.6) is 0 Å². The highest BCUT2D eigenvalue weighted by atomic mass is 32.2. The van der Waals surface area contributed by atoms with Crippen LogP contribution in [0.15, 0.2) is 52.5 Å². The Bertz CT molecular complexity index is 1700. The molecular formula is C25H25F2N7O3S.